The summed E-state index contributed by atoms with van der Waals surface area (Å²) < 4.78 is 0. The molecule has 1 saturated heterocycles. The fraction of sp³-hybridized carbons (Fsp3) is 0.467. The van der Waals surface area contributed by atoms with Crippen molar-refractivity contribution in [3.05, 3.63) is 35.9 Å². The van der Waals surface area contributed by atoms with Gasteiger partial charge in [-0.3, -0.25) is 9.59 Å². The Kier molecular flexibility index (Phi) is 5.55. The Hall–Kier alpha value is -1.88. The minimum Gasteiger partial charge on any atom is -0.348 e. The van der Waals surface area contributed by atoms with Crippen molar-refractivity contribution in [2.75, 3.05) is 19.6 Å². The van der Waals surface area contributed by atoms with Crippen LogP contribution in [0.15, 0.2) is 30.3 Å². The summed E-state index contributed by atoms with van der Waals surface area (Å²) in [6.45, 7) is 1.98. The van der Waals surface area contributed by atoms with Gasteiger partial charge in [-0.15, -0.1) is 0 Å². The predicted molar refractivity (Wildman–Crippen MR) is 77.2 cm³/mol. The first kappa shape index (κ1) is 14.5. The van der Waals surface area contributed by atoms with E-state index in [2.05, 4.69) is 16.0 Å². The monoisotopic (exact) mass is 275 g/mol. The molecule has 1 aromatic rings. The zero-order chi connectivity index (χ0) is 14.2. The molecule has 0 aromatic heterocycles. The molecule has 1 aromatic carbocycles. The smallest absolute Gasteiger partial charge is 0.309 e. The minimum atomic E-state index is -0.557. The average Bonchev–Trinajstić information content (AvgIpc) is 2.99. The van der Waals surface area contributed by atoms with Gasteiger partial charge in [-0.25, -0.2) is 0 Å². The van der Waals surface area contributed by atoms with Gasteiger partial charge < -0.3 is 16.0 Å². The van der Waals surface area contributed by atoms with E-state index >= 15 is 0 Å². The topological polar surface area (TPSA) is 70.2 Å². The Bertz CT molecular complexity index is 442. The van der Waals surface area contributed by atoms with Crippen LogP contribution in [0.25, 0.3) is 0 Å². The second-order valence-corrected chi connectivity index (χ2v) is 4.99. The van der Waals surface area contributed by atoms with Gasteiger partial charge in [-0.05, 0) is 31.4 Å². The highest BCUT2D eigenvalue weighted by Gasteiger charge is 2.17. The highest BCUT2D eigenvalue weighted by Crippen LogP contribution is 2.02. The van der Waals surface area contributed by atoms with Crippen LogP contribution in [0.5, 0.6) is 0 Å². The van der Waals surface area contributed by atoms with Crippen molar-refractivity contribution in [2.24, 2.45) is 0 Å². The molecular weight excluding hydrogens is 254 g/mol. The van der Waals surface area contributed by atoms with Gasteiger partial charge in [-0.2, -0.15) is 0 Å². The lowest BCUT2D eigenvalue weighted by atomic mass is 10.1. The normalized spacial score (nSPS) is 17.7. The zero-order valence-corrected chi connectivity index (χ0v) is 11.5. The van der Waals surface area contributed by atoms with Crippen molar-refractivity contribution < 1.29 is 9.59 Å². The maximum atomic E-state index is 11.6. The van der Waals surface area contributed by atoms with Gasteiger partial charge in [0.05, 0.1) is 0 Å². The summed E-state index contributed by atoms with van der Waals surface area (Å²) in [5.74, 6) is -1.11. The van der Waals surface area contributed by atoms with Crippen LogP contribution in [0, 0.1) is 0 Å². The SMILES string of the molecule is O=C(NCCc1ccccc1)C(=O)NC[C@H]1CCCN1. The third-order valence-corrected chi connectivity index (χ3v) is 3.42. The number of benzene rings is 1. The van der Waals surface area contributed by atoms with Crippen LogP contribution in [0.2, 0.25) is 0 Å². The first-order valence-corrected chi connectivity index (χ1v) is 7.09. The number of carbonyl (C=O) groups is 2. The molecular formula is C15H21N3O2. The fourth-order valence-electron chi connectivity index (χ4n) is 2.27. The second kappa shape index (κ2) is 7.65. The molecule has 0 bridgehead atoms. The quantitative estimate of drug-likeness (QED) is 0.673. The lowest BCUT2D eigenvalue weighted by molar-refractivity contribution is -0.139. The number of rotatable bonds is 5. The van der Waals surface area contributed by atoms with E-state index in [9.17, 15) is 9.59 Å². The van der Waals surface area contributed by atoms with E-state index in [1.807, 2.05) is 30.3 Å². The van der Waals surface area contributed by atoms with E-state index in [4.69, 9.17) is 0 Å². The third kappa shape index (κ3) is 4.66. The summed E-state index contributed by atoms with van der Waals surface area (Å²) >= 11 is 0. The summed E-state index contributed by atoms with van der Waals surface area (Å²) in [5.41, 5.74) is 1.14. The lowest BCUT2D eigenvalue weighted by Crippen LogP contribution is -2.44. The van der Waals surface area contributed by atoms with Crippen molar-refractivity contribution in [3.8, 4) is 0 Å². The summed E-state index contributed by atoms with van der Waals surface area (Å²) in [4.78, 5) is 23.2. The van der Waals surface area contributed by atoms with Crippen molar-refractivity contribution in [3.63, 3.8) is 0 Å². The molecule has 0 saturated carbocycles. The van der Waals surface area contributed by atoms with Gasteiger partial charge >= 0.3 is 11.8 Å². The molecule has 5 heteroatoms. The molecule has 1 aliphatic rings. The van der Waals surface area contributed by atoms with Gasteiger partial charge in [0, 0.05) is 19.1 Å². The molecule has 1 fully saturated rings. The van der Waals surface area contributed by atoms with E-state index < -0.39 is 11.8 Å². The maximum Gasteiger partial charge on any atom is 0.309 e. The largest absolute Gasteiger partial charge is 0.348 e. The second-order valence-electron chi connectivity index (χ2n) is 4.99. The molecule has 0 aliphatic carbocycles. The van der Waals surface area contributed by atoms with Crippen LogP contribution in [0.4, 0.5) is 0 Å². The summed E-state index contributed by atoms with van der Waals surface area (Å²) in [5, 5.41) is 8.56. The molecule has 1 atom stereocenters. The van der Waals surface area contributed by atoms with Gasteiger partial charge in [-0.1, -0.05) is 30.3 Å². The Morgan fingerprint density at radius 2 is 1.90 bits per heavy atom. The van der Waals surface area contributed by atoms with Gasteiger partial charge in [0.1, 0.15) is 0 Å². The fourth-order valence-corrected chi connectivity index (χ4v) is 2.27. The van der Waals surface area contributed by atoms with Crippen LogP contribution >= 0.6 is 0 Å². The van der Waals surface area contributed by atoms with Crippen LogP contribution in [0.3, 0.4) is 0 Å². The molecule has 108 valence electrons. The van der Waals surface area contributed by atoms with Gasteiger partial charge in [0.15, 0.2) is 0 Å². The molecule has 5 nitrogen and oxygen atoms in total. The van der Waals surface area contributed by atoms with E-state index in [0.29, 0.717) is 19.1 Å². The summed E-state index contributed by atoms with van der Waals surface area (Å²) in [7, 11) is 0. The molecule has 3 N–H and O–H groups in total. The zero-order valence-electron chi connectivity index (χ0n) is 11.5. The Balaban J connectivity index is 1.62. The lowest BCUT2D eigenvalue weighted by Gasteiger charge is -2.11. The highest BCUT2D eigenvalue weighted by atomic mass is 16.2. The summed E-state index contributed by atoms with van der Waals surface area (Å²) in [6, 6.07) is 10.2. The number of amides is 2. The molecule has 1 heterocycles. The average molecular weight is 275 g/mol. The van der Waals surface area contributed by atoms with Gasteiger partial charge in [0.2, 0.25) is 0 Å². The highest BCUT2D eigenvalue weighted by molar-refractivity contribution is 6.35. The van der Waals surface area contributed by atoms with E-state index in [1.54, 1.807) is 0 Å². The van der Waals surface area contributed by atoms with E-state index in [1.165, 1.54) is 0 Å². The van der Waals surface area contributed by atoms with Crippen molar-refractivity contribution in [1.82, 2.24) is 16.0 Å². The first-order chi connectivity index (χ1) is 9.75. The molecule has 0 radical (unpaired) electrons. The molecule has 0 spiro atoms. The number of hydrogen-bond acceptors (Lipinski definition) is 3. The molecule has 1 aliphatic heterocycles. The Morgan fingerprint density at radius 1 is 1.15 bits per heavy atom. The van der Waals surface area contributed by atoms with Crippen molar-refractivity contribution in [2.45, 2.75) is 25.3 Å². The number of hydrogen-bond donors (Lipinski definition) is 3. The third-order valence-electron chi connectivity index (χ3n) is 3.42. The molecule has 0 unspecified atom stereocenters. The van der Waals surface area contributed by atoms with Crippen LogP contribution in [0.1, 0.15) is 18.4 Å². The van der Waals surface area contributed by atoms with Gasteiger partial charge in [0.25, 0.3) is 0 Å². The van der Waals surface area contributed by atoms with Crippen LogP contribution in [-0.2, 0) is 16.0 Å². The standard InChI is InChI=1S/C15H21N3O2/c19-14(15(20)18-11-13-7-4-9-16-13)17-10-8-12-5-2-1-3-6-12/h1-3,5-6,13,16H,4,7-11H2,(H,17,19)(H,18,20)/t13-/m1/s1. The first-order valence-electron chi connectivity index (χ1n) is 7.09. The summed E-state index contributed by atoms with van der Waals surface area (Å²) in [6.07, 6.45) is 2.91. The van der Waals surface area contributed by atoms with Crippen molar-refractivity contribution in [1.29, 1.82) is 0 Å². The predicted octanol–water partition coefficient (Wildman–Crippen LogP) is 0.214. The molecule has 20 heavy (non-hydrogen) atoms. The van der Waals surface area contributed by atoms with E-state index in [0.717, 1.165) is 31.4 Å². The minimum absolute atomic E-state index is 0.302. The Morgan fingerprint density at radius 3 is 2.60 bits per heavy atom. The van der Waals surface area contributed by atoms with Crippen LogP contribution < -0.4 is 16.0 Å². The van der Waals surface area contributed by atoms with Crippen LogP contribution in [-0.4, -0.2) is 37.5 Å². The Labute approximate surface area is 119 Å². The number of carbonyl (C=O) groups excluding carboxylic acids is 2. The molecule has 2 amide bonds. The maximum absolute atomic E-state index is 11.6. The van der Waals surface area contributed by atoms with Crippen molar-refractivity contribution >= 4 is 11.8 Å². The number of nitrogens with one attached hydrogen (secondary N) is 3. The molecule has 2 rings (SSSR count). The van der Waals surface area contributed by atoms with E-state index in [-0.39, 0.29) is 0 Å².